The van der Waals surface area contributed by atoms with Crippen molar-refractivity contribution in [3.05, 3.63) is 0 Å². The minimum atomic E-state index is 0.175. The van der Waals surface area contributed by atoms with Gasteiger partial charge in [0, 0.05) is 12.0 Å². The lowest BCUT2D eigenvalue weighted by Gasteiger charge is -2.61. The maximum Gasteiger partial charge on any atom is 0.145 e. The summed E-state index contributed by atoms with van der Waals surface area (Å²) >= 11 is 0. The van der Waals surface area contributed by atoms with E-state index >= 15 is 0 Å². The molecule has 98 valence electrons. The van der Waals surface area contributed by atoms with Crippen LogP contribution < -0.4 is 0 Å². The average molecular weight is 244 g/mol. The molecule has 2 heteroatoms. The second-order valence-electron chi connectivity index (χ2n) is 8.09. The van der Waals surface area contributed by atoms with Crippen molar-refractivity contribution >= 4 is 10.5 Å². The van der Waals surface area contributed by atoms with Crippen molar-refractivity contribution in [2.24, 2.45) is 21.7 Å². The highest BCUT2D eigenvalue weighted by Crippen LogP contribution is 2.61. The molecule has 0 unspecified atom stereocenters. The van der Waals surface area contributed by atoms with Crippen LogP contribution in [0.3, 0.4) is 0 Å². The minimum Gasteiger partial charge on any atom is -0.427 e. The third-order valence-corrected chi connectivity index (χ3v) is 4.49. The zero-order valence-corrected chi connectivity index (χ0v) is 15.1. The Balaban J connectivity index is 5.82. The Bertz CT molecular complexity index is 189. The molecule has 0 aromatic rings. The van der Waals surface area contributed by atoms with Gasteiger partial charge in [0.15, 0.2) is 0 Å². The van der Waals surface area contributed by atoms with Crippen LogP contribution >= 0.6 is 0 Å². The van der Waals surface area contributed by atoms with Gasteiger partial charge in [0.25, 0.3) is 0 Å². The Morgan fingerprint density at radius 1 is 0.688 bits per heavy atom. The topological polar surface area (TPSA) is 9.23 Å². The Morgan fingerprint density at radius 3 is 1.00 bits per heavy atom. The normalized spacial score (nSPS) is 15.6. The van der Waals surface area contributed by atoms with E-state index in [4.69, 9.17) is 4.43 Å². The first-order chi connectivity index (χ1) is 6.81. The van der Waals surface area contributed by atoms with E-state index in [1.807, 2.05) is 0 Å². The largest absolute Gasteiger partial charge is 0.427 e. The molecule has 0 bridgehead atoms. The van der Waals surface area contributed by atoms with E-state index in [-0.39, 0.29) is 21.7 Å². The van der Waals surface area contributed by atoms with Gasteiger partial charge in [-0.25, -0.2) is 0 Å². The van der Waals surface area contributed by atoms with E-state index in [2.05, 4.69) is 62.3 Å². The highest BCUT2D eigenvalue weighted by Gasteiger charge is 2.57. The summed E-state index contributed by atoms with van der Waals surface area (Å²) in [6.07, 6.45) is 0. The molecule has 0 saturated carbocycles. The average Bonchev–Trinajstić information content (AvgIpc) is 1.91. The molecule has 0 aliphatic rings. The van der Waals surface area contributed by atoms with Gasteiger partial charge in [-0.1, -0.05) is 62.3 Å². The van der Waals surface area contributed by atoms with Gasteiger partial charge in [-0.05, 0) is 16.2 Å². The summed E-state index contributed by atoms with van der Waals surface area (Å²) in [6, 6.07) is 0. The van der Waals surface area contributed by atoms with Crippen LogP contribution in [0.15, 0.2) is 0 Å². The van der Waals surface area contributed by atoms with Crippen LogP contribution in [-0.4, -0.2) is 17.1 Å². The molecular weight excluding hydrogens is 212 g/mol. The fraction of sp³-hybridized carbons (Fsp3) is 1.00. The quantitative estimate of drug-likeness (QED) is 0.677. The van der Waals surface area contributed by atoms with Crippen molar-refractivity contribution in [2.75, 3.05) is 6.61 Å². The fourth-order valence-electron chi connectivity index (χ4n) is 4.24. The number of hydrogen-bond donors (Lipinski definition) is 0. The van der Waals surface area contributed by atoms with Crippen molar-refractivity contribution < 1.29 is 4.43 Å². The Hall–Kier alpha value is 0.177. The molecule has 0 aromatic heterocycles. The van der Waals surface area contributed by atoms with Crippen LogP contribution in [0.2, 0.25) is 0 Å². The molecule has 0 spiro atoms. The van der Waals surface area contributed by atoms with Crippen molar-refractivity contribution in [1.29, 1.82) is 0 Å². The van der Waals surface area contributed by atoms with Crippen LogP contribution in [-0.2, 0) is 4.43 Å². The number of rotatable bonds is 2. The van der Waals surface area contributed by atoms with E-state index in [0.29, 0.717) is 0 Å². The van der Waals surface area contributed by atoms with Crippen molar-refractivity contribution in [2.45, 2.75) is 62.3 Å². The van der Waals surface area contributed by atoms with Gasteiger partial charge in [-0.3, -0.25) is 0 Å². The highest BCUT2D eigenvalue weighted by molar-refractivity contribution is 5.97. The zero-order valence-electron chi connectivity index (χ0n) is 13.1. The standard InChI is InChI=1S/C14H32OSi/c1-11(2,3)14(10-15-16,12(4,5)6)13(7,8)9/h10H2,1-9,16H3. The van der Waals surface area contributed by atoms with E-state index in [1.165, 1.54) is 0 Å². The van der Waals surface area contributed by atoms with Gasteiger partial charge in [-0.15, -0.1) is 0 Å². The van der Waals surface area contributed by atoms with E-state index in [1.54, 1.807) is 0 Å². The maximum absolute atomic E-state index is 5.73. The van der Waals surface area contributed by atoms with Gasteiger partial charge in [0.05, 0.1) is 0 Å². The summed E-state index contributed by atoms with van der Waals surface area (Å²) in [5, 5.41) is 0. The maximum atomic E-state index is 5.73. The first kappa shape index (κ1) is 16.2. The second kappa shape index (κ2) is 4.45. The summed E-state index contributed by atoms with van der Waals surface area (Å²) in [5.74, 6) is 0. The summed E-state index contributed by atoms with van der Waals surface area (Å²) < 4.78 is 5.73. The van der Waals surface area contributed by atoms with Gasteiger partial charge in [0.1, 0.15) is 10.5 Å². The fourth-order valence-corrected chi connectivity index (χ4v) is 4.67. The van der Waals surface area contributed by atoms with Crippen molar-refractivity contribution in [3.8, 4) is 0 Å². The highest BCUT2D eigenvalue weighted by atomic mass is 28.2. The third-order valence-electron chi connectivity index (χ3n) is 4.20. The van der Waals surface area contributed by atoms with Crippen LogP contribution in [0.1, 0.15) is 62.3 Å². The summed E-state index contributed by atoms with van der Waals surface area (Å²) in [7, 11) is 0.821. The molecule has 0 rings (SSSR count). The zero-order chi connectivity index (χ0) is 13.4. The molecule has 0 aromatic carbocycles. The SMILES string of the molecule is CC(C)(C)C(CO[SiH3])(C(C)(C)C)C(C)(C)C. The second-order valence-corrected chi connectivity index (χ2v) is 8.67. The predicted molar refractivity (Wildman–Crippen MR) is 76.7 cm³/mol. The molecule has 0 N–H and O–H groups in total. The van der Waals surface area contributed by atoms with Crippen molar-refractivity contribution in [3.63, 3.8) is 0 Å². The van der Waals surface area contributed by atoms with Gasteiger partial charge in [0.2, 0.25) is 0 Å². The molecule has 0 aliphatic carbocycles. The molecule has 16 heavy (non-hydrogen) atoms. The molecule has 0 fully saturated rings. The molecular formula is C14H32OSi. The van der Waals surface area contributed by atoms with Gasteiger partial charge >= 0.3 is 0 Å². The van der Waals surface area contributed by atoms with Gasteiger partial charge < -0.3 is 4.43 Å². The Labute approximate surface area is 106 Å². The van der Waals surface area contributed by atoms with E-state index in [0.717, 1.165) is 17.1 Å². The molecule has 0 atom stereocenters. The van der Waals surface area contributed by atoms with E-state index in [9.17, 15) is 0 Å². The first-order valence-electron chi connectivity index (χ1n) is 6.30. The smallest absolute Gasteiger partial charge is 0.145 e. The van der Waals surface area contributed by atoms with Crippen molar-refractivity contribution in [1.82, 2.24) is 0 Å². The number of hydrogen-bond acceptors (Lipinski definition) is 1. The van der Waals surface area contributed by atoms with Gasteiger partial charge in [-0.2, -0.15) is 0 Å². The summed E-state index contributed by atoms with van der Waals surface area (Å²) in [5.41, 5.74) is 0.866. The van der Waals surface area contributed by atoms with Crippen LogP contribution in [0.5, 0.6) is 0 Å². The first-order valence-corrected chi connectivity index (χ1v) is 7.12. The molecule has 1 nitrogen and oxygen atoms in total. The lowest BCUT2D eigenvalue weighted by molar-refractivity contribution is -0.146. The van der Waals surface area contributed by atoms with Crippen LogP contribution in [0.25, 0.3) is 0 Å². The minimum absolute atomic E-state index is 0.175. The molecule has 0 aliphatic heterocycles. The summed E-state index contributed by atoms with van der Waals surface area (Å²) in [6.45, 7) is 22.0. The molecule has 0 heterocycles. The Kier molecular flexibility index (Phi) is 4.50. The molecule has 0 amide bonds. The molecule has 0 radical (unpaired) electrons. The van der Waals surface area contributed by atoms with E-state index < -0.39 is 0 Å². The summed E-state index contributed by atoms with van der Waals surface area (Å²) in [4.78, 5) is 0. The Morgan fingerprint density at radius 2 is 0.938 bits per heavy atom. The van der Waals surface area contributed by atoms with Crippen LogP contribution in [0, 0.1) is 21.7 Å². The third kappa shape index (κ3) is 2.53. The van der Waals surface area contributed by atoms with Crippen LogP contribution in [0.4, 0.5) is 0 Å². The monoisotopic (exact) mass is 244 g/mol. The molecule has 0 saturated heterocycles. The lowest BCUT2D eigenvalue weighted by Crippen LogP contribution is -2.57. The lowest BCUT2D eigenvalue weighted by atomic mass is 9.45. The predicted octanol–water partition coefficient (Wildman–Crippen LogP) is 3.41.